The molecule has 0 aromatic heterocycles. The SMILES string of the molecule is CC[C@](O)(S)OC. The fourth-order valence-corrected chi connectivity index (χ4v) is 0.144. The third kappa shape index (κ3) is 2.91. The van der Waals surface area contributed by atoms with Crippen LogP contribution in [-0.4, -0.2) is 17.3 Å². The van der Waals surface area contributed by atoms with Crippen LogP contribution >= 0.6 is 12.6 Å². The minimum Gasteiger partial charge on any atom is -0.357 e. The molecule has 0 saturated heterocycles. The molecule has 1 atom stereocenters. The van der Waals surface area contributed by atoms with Crippen LogP contribution in [0.4, 0.5) is 0 Å². The van der Waals surface area contributed by atoms with Crippen LogP contribution < -0.4 is 0 Å². The first-order valence-electron chi connectivity index (χ1n) is 2.12. The summed E-state index contributed by atoms with van der Waals surface area (Å²) in [5.41, 5.74) is 0. The van der Waals surface area contributed by atoms with E-state index in [2.05, 4.69) is 17.4 Å². The van der Waals surface area contributed by atoms with Gasteiger partial charge in [-0.3, -0.25) is 0 Å². The van der Waals surface area contributed by atoms with Crippen LogP contribution in [0.2, 0.25) is 0 Å². The van der Waals surface area contributed by atoms with E-state index in [0.717, 1.165) is 0 Å². The molecule has 0 radical (unpaired) electrons. The lowest BCUT2D eigenvalue weighted by Crippen LogP contribution is -2.21. The molecule has 1 N–H and O–H groups in total. The highest BCUT2D eigenvalue weighted by Crippen LogP contribution is 2.13. The standard InChI is InChI=1S/C4H10O2S/c1-3-4(5,7)6-2/h5,7H,3H2,1-2H3/t4-/m1/s1. The molecule has 0 rings (SSSR count). The van der Waals surface area contributed by atoms with E-state index in [0.29, 0.717) is 6.42 Å². The second-order valence-corrected chi connectivity index (χ2v) is 2.00. The maximum Gasteiger partial charge on any atom is 0.212 e. The van der Waals surface area contributed by atoms with Crippen molar-refractivity contribution in [2.24, 2.45) is 0 Å². The molecule has 0 spiro atoms. The zero-order valence-corrected chi connectivity index (χ0v) is 5.40. The Kier molecular flexibility index (Phi) is 2.64. The van der Waals surface area contributed by atoms with E-state index in [1.807, 2.05) is 0 Å². The molecular formula is C4H10O2S. The van der Waals surface area contributed by atoms with E-state index in [-0.39, 0.29) is 0 Å². The number of ether oxygens (including phenoxy) is 1. The minimum absolute atomic E-state index is 0.493. The highest BCUT2D eigenvalue weighted by atomic mass is 32.1. The van der Waals surface area contributed by atoms with Crippen LogP contribution in [0.15, 0.2) is 0 Å². The highest BCUT2D eigenvalue weighted by Gasteiger charge is 2.15. The second-order valence-electron chi connectivity index (χ2n) is 1.30. The van der Waals surface area contributed by atoms with Gasteiger partial charge in [-0.1, -0.05) is 6.92 Å². The smallest absolute Gasteiger partial charge is 0.212 e. The number of hydrogen-bond donors (Lipinski definition) is 2. The monoisotopic (exact) mass is 122 g/mol. The Bertz CT molecular complexity index is 47.7. The second kappa shape index (κ2) is 2.55. The number of methoxy groups -OCH3 is 1. The molecule has 0 aliphatic carbocycles. The third-order valence-electron chi connectivity index (χ3n) is 0.787. The van der Waals surface area contributed by atoms with Crippen molar-refractivity contribution in [3.05, 3.63) is 0 Å². The van der Waals surface area contributed by atoms with Gasteiger partial charge in [-0.15, -0.1) is 12.6 Å². The zero-order valence-electron chi connectivity index (χ0n) is 4.51. The Morgan fingerprint density at radius 2 is 2.29 bits per heavy atom. The van der Waals surface area contributed by atoms with Gasteiger partial charge in [0.2, 0.25) is 5.12 Å². The molecule has 0 aliphatic rings. The summed E-state index contributed by atoms with van der Waals surface area (Å²) in [4.78, 5) is 0. The molecular weight excluding hydrogens is 112 g/mol. The van der Waals surface area contributed by atoms with E-state index >= 15 is 0 Å². The minimum atomic E-state index is -1.22. The lowest BCUT2D eigenvalue weighted by atomic mass is 10.5. The predicted octanol–water partition coefficient (Wildman–Crippen LogP) is 0.619. The van der Waals surface area contributed by atoms with Crippen LogP contribution in [0.25, 0.3) is 0 Å². The summed E-state index contributed by atoms with van der Waals surface area (Å²) >= 11 is 3.72. The first-order chi connectivity index (χ1) is 3.12. The fraction of sp³-hybridized carbons (Fsp3) is 1.00. The Labute approximate surface area is 48.9 Å². The molecule has 2 nitrogen and oxygen atoms in total. The average Bonchev–Trinajstić information content (AvgIpc) is 1.68. The zero-order chi connectivity index (χ0) is 5.91. The van der Waals surface area contributed by atoms with Crippen LogP contribution in [0.1, 0.15) is 13.3 Å². The van der Waals surface area contributed by atoms with Crippen molar-refractivity contribution in [2.75, 3.05) is 7.11 Å². The maximum absolute atomic E-state index is 8.77. The van der Waals surface area contributed by atoms with Crippen LogP contribution in [0.3, 0.4) is 0 Å². The maximum atomic E-state index is 8.77. The van der Waals surface area contributed by atoms with Gasteiger partial charge in [0.25, 0.3) is 0 Å². The van der Waals surface area contributed by atoms with E-state index in [1.54, 1.807) is 6.92 Å². The van der Waals surface area contributed by atoms with Crippen molar-refractivity contribution in [1.29, 1.82) is 0 Å². The molecule has 0 amide bonds. The Morgan fingerprint density at radius 1 is 1.86 bits per heavy atom. The van der Waals surface area contributed by atoms with E-state index < -0.39 is 5.12 Å². The first-order valence-corrected chi connectivity index (χ1v) is 2.57. The summed E-state index contributed by atoms with van der Waals surface area (Å²) < 4.78 is 4.51. The topological polar surface area (TPSA) is 29.5 Å². The summed E-state index contributed by atoms with van der Waals surface area (Å²) in [6.45, 7) is 1.79. The van der Waals surface area contributed by atoms with Crippen molar-refractivity contribution in [2.45, 2.75) is 18.5 Å². The fourth-order valence-electron chi connectivity index (χ4n) is 0.144. The molecule has 0 bridgehead atoms. The van der Waals surface area contributed by atoms with Gasteiger partial charge in [0.1, 0.15) is 0 Å². The summed E-state index contributed by atoms with van der Waals surface area (Å²) in [5.74, 6) is 0. The van der Waals surface area contributed by atoms with Gasteiger partial charge >= 0.3 is 0 Å². The number of thiol groups is 1. The van der Waals surface area contributed by atoms with Gasteiger partial charge in [0.15, 0.2) is 0 Å². The molecule has 0 saturated carbocycles. The number of aliphatic hydroxyl groups is 1. The first kappa shape index (κ1) is 7.27. The van der Waals surface area contributed by atoms with Gasteiger partial charge in [0.05, 0.1) is 0 Å². The summed E-state index contributed by atoms with van der Waals surface area (Å²) in [7, 11) is 1.41. The predicted molar refractivity (Wildman–Crippen MR) is 31.2 cm³/mol. The largest absolute Gasteiger partial charge is 0.357 e. The summed E-state index contributed by atoms with van der Waals surface area (Å²) in [6.07, 6.45) is 0.493. The Balaban J connectivity index is 3.36. The lowest BCUT2D eigenvalue weighted by Gasteiger charge is -2.16. The lowest BCUT2D eigenvalue weighted by molar-refractivity contribution is -0.107. The third-order valence-corrected chi connectivity index (χ3v) is 1.29. The van der Waals surface area contributed by atoms with Crippen LogP contribution in [-0.2, 0) is 4.74 Å². The Hall–Kier alpha value is 0.270. The molecule has 0 fully saturated rings. The van der Waals surface area contributed by atoms with Crippen LogP contribution in [0.5, 0.6) is 0 Å². The summed E-state index contributed by atoms with van der Waals surface area (Å²) in [5, 5.41) is 7.55. The molecule has 0 aromatic rings. The molecule has 0 aliphatic heterocycles. The van der Waals surface area contributed by atoms with E-state index in [1.165, 1.54) is 7.11 Å². The van der Waals surface area contributed by atoms with Crippen molar-refractivity contribution in [3.8, 4) is 0 Å². The van der Waals surface area contributed by atoms with Crippen molar-refractivity contribution < 1.29 is 9.84 Å². The number of rotatable bonds is 2. The average molecular weight is 122 g/mol. The van der Waals surface area contributed by atoms with Crippen molar-refractivity contribution in [1.82, 2.24) is 0 Å². The molecule has 0 aromatic carbocycles. The van der Waals surface area contributed by atoms with Crippen LogP contribution in [0, 0.1) is 0 Å². The number of hydrogen-bond acceptors (Lipinski definition) is 3. The molecule has 7 heavy (non-hydrogen) atoms. The summed E-state index contributed by atoms with van der Waals surface area (Å²) in [6, 6.07) is 0. The molecule has 0 heterocycles. The Morgan fingerprint density at radius 3 is 2.29 bits per heavy atom. The van der Waals surface area contributed by atoms with E-state index in [4.69, 9.17) is 5.11 Å². The van der Waals surface area contributed by atoms with Gasteiger partial charge in [-0.2, -0.15) is 0 Å². The van der Waals surface area contributed by atoms with Crippen molar-refractivity contribution in [3.63, 3.8) is 0 Å². The van der Waals surface area contributed by atoms with Gasteiger partial charge in [-0.25, -0.2) is 0 Å². The van der Waals surface area contributed by atoms with E-state index in [9.17, 15) is 0 Å². The molecule has 3 heteroatoms. The normalized spacial score (nSPS) is 18.9. The quantitative estimate of drug-likeness (QED) is 0.415. The molecule has 0 unspecified atom stereocenters. The van der Waals surface area contributed by atoms with Crippen molar-refractivity contribution >= 4 is 12.6 Å². The van der Waals surface area contributed by atoms with Gasteiger partial charge in [0, 0.05) is 13.5 Å². The van der Waals surface area contributed by atoms with Gasteiger partial charge < -0.3 is 9.84 Å². The molecule has 44 valence electrons. The highest BCUT2D eigenvalue weighted by molar-refractivity contribution is 7.81. The van der Waals surface area contributed by atoms with Gasteiger partial charge in [-0.05, 0) is 0 Å².